The average Bonchev–Trinajstić information content (AvgIpc) is 2.15. The highest BCUT2D eigenvalue weighted by Gasteiger charge is 2.00. The molecule has 0 spiro atoms. The Morgan fingerprint density at radius 3 is 2.79 bits per heavy atom. The molecule has 0 saturated carbocycles. The summed E-state index contributed by atoms with van der Waals surface area (Å²) >= 11 is 4.88. The molecule has 0 aliphatic rings. The maximum atomic E-state index is 5.54. The lowest BCUT2D eigenvalue weighted by atomic mass is 10.2. The lowest BCUT2D eigenvalue weighted by Gasteiger charge is -2.09. The molecule has 1 rings (SSSR count). The molecular formula is C11H15NOS. The molecule has 0 unspecified atom stereocenters. The molecule has 0 heterocycles. The smallest absolute Gasteiger partial charge is 0.120 e. The molecule has 76 valence electrons. The predicted molar refractivity (Wildman–Crippen MR) is 62.7 cm³/mol. The Bertz CT molecular complexity index is 323. The van der Waals surface area contributed by atoms with Gasteiger partial charge in [-0.25, -0.2) is 0 Å². The van der Waals surface area contributed by atoms with E-state index in [1.165, 1.54) is 0 Å². The van der Waals surface area contributed by atoms with Crippen molar-refractivity contribution >= 4 is 17.2 Å². The summed E-state index contributed by atoms with van der Waals surface area (Å²) in [7, 11) is 0. The number of rotatable bonds is 4. The van der Waals surface area contributed by atoms with Crippen LogP contribution in [0, 0.1) is 5.92 Å². The summed E-state index contributed by atoms with van der Waals surface area (Å²) in [5.74, 6) is 1.34. The fraction of sp³-hybridized carbons (Fsp3) is 0.364. The van der Waals surface area contributed by atoms with Crippen LogP contribution in [-0.4, -0.2) is 11.6 Å². The van der Waals surface area contributed by atoms with Gasteiger partial charge in [-0.3, -0.25) is 0 Å². The van der Waals surface area contributed by atoms with Crippen molar-refractivity contribution in [3.05, 3.63) is 29.8 Å². The van der Waals surface area contributed by atoms with Gasteiger partial charge in [0.05, 0.1) is 6.61 Å². The topological polar surface area (TPSA) is 35.2 Å². The van der Waals surface area contributed by atoms with Gasteiger partial charge in [0, 0.05) is 5.56 Å². The molecule has 0 bridgehead atoms. The van der Waals surface area contributed by atoms with Crippen LogP contribution in [0.25, 0.3) is 0 Å². The zero-order valence-corrected chi connectivity index (χ0v) is 9.30. The van der Waals surface area contributed by atoms with Crippen LogP contribution in [0.2, 0.25) is 0 Å². The number of benzene rings is 1. The van der Waals surface area contributed by atoms with Crippen LogP contribution in [0.5, 0.6) is 5.75 Å². The van der Waals surface area contributed by atoms with Crippen molar-refractivity contribution in [2.75, 3.05) is 6.61 Å². The number of ether oxygens (including phenoxy) is 1. The van der Waals surface area contributed by atoms with E-state index in [1.807, 2.05) is 24.3 Å². The summed E-state index contributed by atoms with van der Waals surface area (Å²) < 4.78 is 5.54. The number of hydrogen-bond donors (Lipinski definition) is 1. The van der Waals surface area contributed by atoms with Crippen molar-refractivity contribution in [2.24, 2.45) is 11.7 Å². The molecule has 0 atom stereocenters. The van der Waals surface area contributed by atoms with Gasteiger partial charge < -0.3 is 10.5 Å². The Balaban J connectivity index is 2.69. The highest BCUT2D eigenvalue weighted by Crippen LogP contribution is 2.14. The molecule has 0 fully saturated rings. The van der Waals surface area contributed by atoms with E-state index in [4.69, 9.17) is 22.7 Å². The van der Waals surface area contributed by atoms with Gasteiger partial charge in [0.15, 0.2) is 0 Å². The van der Waals surface area contributed by atoms with E-state index in [-0.39, 0.29) is 0 Å². The summed E-state index contributed by atoms with van der Waals surface area (Å²) in [5, 5.41) is 0. The van der Waals surface area contributed by atoms with E-state index in [0.29, 0.717) is 17.5 Å². The SMILES string of the molecule is CC(C)COc1cccc(C(N)=S)c1. The van der Waals surface area contributed by atoms with Gasteiger partial charge in [-0.15, -0.1) is 0 Å². The van der Waals surface area contributed by atoms with Crippen molar-refractivity contribution in [3.8, 4) is 5.75 Å². The molecule has 3 heteroatoms. The van der Waals surface area contributed by atoms with E-state index < -0.39 is 0 Å². The van der Waals surface area contributed by atoms with E-state index in [9.17, 15) is 0 Å². The molecule has 14 heavy (non-hydrogen) atoms. The maximum absolute atomic E-state index is 5.54. The van der Waals surface area contributed by atoms with Crippen molar-refractivity contribution < 1.29 is 4.74 Å². The number of hydrogen-bond acceptors (Lipinski definition) is 2. The van der Waals surface area contributed by atoms with E-state index in [1.54, 1.807) is 0 Å². The molecule has 0 amide bonds. The first-order valence-electron chi connectivity index (χ1n) is 4.62. The first-order chi connectivity index (χ1) is 6.59. The molecule has 1 aromatic carbocycles. The lowest BCUT2D eigenvalue weighted by Crippen LogP contribution is -2.10. The minimum Gasteiger partial charge on any atom is -0.493 e. The van der Waals surface area contributed by atoms with Crippen LogP contribution in [-0.2, 0) is 0 Å². The van der Waals surface area contributed by atoms with Crippen LogP contribution in [0.3, 0.4) is 0 Å². The van der Waals surface area contributed by atoms with Crippen molar-refractivity contribution in [2.45, 2.75) is 13.8 Å². The zero-order chi connectivity index (χ0) is 10.6. The van der Waals surface area contributed by atoms with Crippen LogP contribution in [0.1, 0.15) is 19.4 Å². The van der Waals surface area contributed by atoms with Gasteiger partial charge in [0.2, 0.25) is 0 Å². The third kappa shape index (κ3) is 3.34. The monoisotopic (exact) mass is 209 g/mol. The summed E-state index contributed by atoms with van der Waals surface area (Å²) in [4.78, 5) is 0.403. The molecule has 0 aliphatic heterocycles. The molecule has 1 aromatic rings. The second kappa shape index (κ2) is 4.96. The van der Waals surface area contributed by atoms with Crippen molar-refractivity contribution in [1.29, 1.82) is 0 Å². The third-order valence-corrected chi connectivity index (χ3v) is 1.94. The normalized spacial score (nSPS) is 10.2. The van der Waals surface area contributed by atoms with Gasteiger partial charge in [-0.1, -0.05) is 38.2 Å². The van der Waals surface area contributed by atoms with Crippen LogP contribution < -0.4 is 10.5 Å². The second-order valence-electron chi connectivity index (χ2n) is 3.60. The Morgan fingerprint density at radius 1 is 1.50 bits per heavy atom. The summed E-state index contributed by atoms with van der Waals surface area (Å²) in [6, 6.07) is 7.55. The second-order valence-corrected chi connectivity index (χ2v) is 4.04. The molecule has 0 saturated heterocycles. The molecule has 2 N–H and O–H groups in total. The molecule has 0 aliphatic carbocycles. The van der Waals surface area contributed by atoms with Gasteiger partial charge >= 0.3 is 0 Å². The highest BCUT2D eigenvalue weighted by molar-refractivity contribution is 7.80. The van der Waals surface area contributed by atoms with E-state index in [2.05, 4.69) is 13.8 Å². The molecule has 2 nitrogen and oxygen atoms in total. The molecular weight excluding hydrogens is 194 g/mol. The first-order valence-corrected chi connectivity index (χ1v) is 5.03. The zero-order valence-electron chi connectivity index (χ0n) is 8.49. The largest absolute Gasteiger partial charge is 0.493 e. The Morgan fingerprint density at radius 2 is 2.21 bits per heavy atom. The minimum absolute atomic E-state index is 0.403. The molecule has 0 radical (unpaired) electrons. The lowest BCUT2D eigenvalue weighted by molar-refractivity contribution is 0.271. The van der Waals surface area contributed by atoms with E-state index in [0.717, 1.165) is 11.3 Å². The Labute approximate surface area is 90.1 Å². The highest BCUT2D eigenvalue weighted by atomic mass is 32.1. The summed E-state index contributed by atoms with van der Waals surface area (Å²) in [6.45, 7) is 4.93. The third-order valence-electron chi connectivity index (χ3n) is 1.70. The predicted octanol–water partition coefficient (Wildman–Crippen LogP) is 2.36. The fourth-order valence-corrected chi connectivity index (χ4v) is 1.13. The van der Waals surface area contributed by atoms with E-state index >= 15 is 0 Å². The number of thiocarbonyl (C=S) groups is 1. The van der Waals surface area contributed by atoms with Crippen LogP contribution in [0.15, 0.2) is 24.3 Å². The minimum atomic E-state index is 0.403. The molecule has 0 aromatic heterocycles. The van der Waals surface area contributed by atoms with Gasteiger partial charge in [-0.2, -0.15) is 0 Å². The number of nitrogens with two attached hydrogens (primary N) is 1. The standard InChI is InChI=1S/C11H15NOS/c1-8(2)7-13-10-5-3-4-9(6-10)11(12)14/h3-6,8H,7H2,1-2H3,(H2,12,14). The van der Waals surface area contributed by atoms with Gasteiger partial charge in [0.25, 0.3) is 0 Å². The Hall–Kier alpha value is -1.09. The van der Waals surface area contributed by atoms with Crippen molar-refractivity contribution in [1.82, 2.24) is 0 Å². The van der Waals surface area contributed by atoms with Crippen LogP contribution >= 0.6 is 12.2 Å². The summed E-state index contributed by atoms with van der Waals surface area (Å²) in [6.07, 6.45) is 0. The van der Waals surface area contributed by atoms with Gasteiger partial charge in [-0.05, 0) is 18.1 Å². The maximum Gasteiger partial charge on any atom is 0.120 e. The van der Waals surface area contributed by atoms with Crippen molar-refractivity contribution in [3.63, 3.8) is 0 Å². The Kier molecular flexibility index (Phi) is 3.89. The fourth-order valence-electron chi connectivity index (χ4n) is 1.00. The van der Waals surface area contributed by atoms with Crippen LogP contribution in [0.4, 0.5) is 0 Å². The summed E-state index contributed by atoms with van der Waals surface area (Å²) in [5.41, 5.74) is 6.36. The first kappa shape index (κ1) is 11.0. The quantitative estimate of drug-likeness (QED) is 0.773. The van der Waals surface area contributed by atoms with Gasteiger partial charge in [0.1, 0.15) is 10.7 Å². The average molecular weight is 209 g/mol.